The van der Waals surface area contributed by atoms with E-state index in [1.807, 2.05) is 11.8 Å². The van der Waals surface area contributed by atoms with Crippen molar-refractivity contribution in [1.29, 1.82) is 0 Å². The summed E-state index contributed by atoms with van der Waals surface area (Å²) in [6, 6.07) is 0. The van der Waals surface area contributed by atoms with Crippen molar-refractivity contribution in [2.45, 2.75) is 59.5 Å². The topological polar surface area (TPSA) is 29.5 Å². The summed E-state index contributed by atoms with van der Waals surface area (Å²) in [5.74, 6) is 1.93. The molecule has 3 nitrogen and oxygen atoms in total. The summed E-state index contributed by atoms with van der Waals surface area (Å²) in [5.41, 5.74) is -0.123. The Morgan fingerprint density at radius 2 is 1.89 bits per heavy atom. The van der Waals surface area contributed by atoms with E-state index in [9.17, 15) is 4.79 Å². The van der Waals surface area contributed by atoms with Crippen LogP contribution in [0.3, 0.4) is 0 Å². The number of likely N-dealkylation sites (tertiary alicyclic amines) is 1. The van der Waals surface area contributed by atoms with Gasteiger partial charge in [-0.2, -0.15) is 0 Å². The van der Waals surface area contributed by atoms with Crippen molar-refractivity contribution in [3.8, 4) is 0 Å². The van der Waals surface area contributed by atoms with Crippen molar-refractivity contribution >= 4 is 5.91 Å². The number of rotatable bonds is 3. The van der Waals surface area contributed by atoms with Gasteiger partial charge in [0.1, 0.15) is 5.60 Å². The molecule has 0 aromatic carbocycles. The summed E-state index contributed by atoms with van der Waals surface area (Å²) < 4.78 is 5.94. The van der Waals surface area contributed by atoms with E-state index in [1.54, 1.807) is 6.92 Å². The van der Waals surface area contributed by atoms with Crippen molar-refractivity contribution in [2.75, 3.05) is 13.1 Å². The second-order valence-corrected chi connectivity index (χ2v) is 6.12. The minimum absolute atomic E-state index is 0.123. The molecule has 1 fully saturated rings. The van der Waals surface area contributed by atoms with Crippen LogP contribution in [0.2, 0.25) is 0 Å². The van der Waals surface area contributed by atoms with Gasteiger partial charge in [-0.05, 0) is 52.5 Å². The predicted molar refractivity (Wildman–Crippen MR) is 74.2 cm³/mol. The summed E-state index contributed by atoms with van der Waals surface area (Å²) in [7, 11) is 0. The van der Waals surface area contributed by atoms with Gasteiger partial charge in [-0.25, -0.2) is 0 Å². The lowest BCUT2D eigenvalue weighted by Crippen LogP contribution is -2.37. The minimum atomic E-state index is -0.123. The smallest absolute Gasteiger partial charge is 0.219 e. The zero-order chi connectivity index (χ0) is 13.8. The van der Waals surface area contributed by atoms with E-state index < -0.39 is 0 Å². The summed E-state index contributed by atoms with van der Waals surface area (Å²) in [4.78, 5) is 13.2. The third kappa shape index (κ3) is 5.11. The van der Waals surface area contributed by atoms with Gasteiger partial charge in [0.05, 0.1) is 5.76 Å². The van der Waals surface area contributed by atoms with Crippen LogP contribution in [0.15, 0.2) is 11.8 Å². The molecule has 1 aliphatic heterocycles. The number of carbonyl (C=O) groups excluding carboxylic acids is 1. The van der Waals surface area contributed by atoms with E-state index in [4.69, 9.17) is 4.74 Å². The summed E-state index contributed by atoms with van der Waals surface area (Å²) in [6.07, 6.45) is 5.25. The first-order chi connectivity index (χ1) is 8.31. The van der Waals surface area contributed by atoms with E-state index in [-0.39, 0.29) is 11.5 Å². The van der Waals surface area contributed by atoms with Crippen molar-refractivity contribution < 1.29 is 9.53 Å². The first-order valence-electron chi connectivity index (χ1n) is 6.91. The van der Waals surface area contributed by atoms with E-state index >= 15 is 0 Å². The first-order valence-corrected chi connectivity index (χ1v) is 6.91. The van der Waals surface area contributed by atoms with Gasteiger partial charge in [0, 0.05) is 26.4 Å². The Bertz CT molecular complexity index is 307. The zero-order valence-electron chi connectivity index (χ0n) is 12.5. The van der Waals surface area contributed by atoms with Crippen LogP contribution in [0.4, 0.5) is 0 Å². The number of nitrogens with zero attached hydrogens (tertiary/aromatic N) is 1. The van der Waals surface area contributed by atoms with Crippen LogP contribution in [-0.4, -0.2) is 29.5 Å². The third-order valence-electron chi connectivity index (χ3n) is 3.31. The Morgan fingerprint density at radius 3 is 2.28 bits per heavy atom. The molecule has 1 heterocycles. The highest BCUT2D eigenvalue weighted by atomic mass is 16.5. The highest BCUT2D eigenvalue weighted by molar-refractivity contribution is 5.73. The monoisotopic (exact) mass is 253 g/mol. The number of hydrogen-bond donors (Lipinski definition) is 0. The lowest BCUT2D eigenvalue weighted by Gasteiger charge is -2.32. The Morgan fingerprint density at radius 1 is 1.33 bits per heavy atom. The maximum Gasteiger partial charge on any atom is 0.219 e. The fourth-order valence-electron chi connectivity index (χ4n) is 2.35. The largest absolute Gasteiger partial charge is 0.493 e. The molecule has 0 radical (unpaired) electrons. The number of allylic oxidation sites excluding steroid dienone is 2. The highest BCUT2D eigenvalue weighted by Crippen LogP contribution is 2.27. The number of ether oxygens (including phenoxy) is 1. The summed E-state index contributed by atoms with van der Waals surface area (Å²) >= 11 is 0. The van der Waals surface area contributed by atoms with Crippen LogP contribution in [0, 0.1) is 5.92 Å². The molecule has 0 unspecified atom stereocenters. The summed E-state index contributed by atoms with van der Waals surface area (Å²) in [6.45, 7) is 11.7. The fourth-order valence-corrected chi connectivity index (χ4v) is 2.35. The number of hydrogen-bond acceptors (Lipinski definition) is 2. The molecule has 104 valence electrons. The van der Waals surface area contributed by atoms with Crippen molar-refractivity contribution in [2.24, 2.45) is 5.92 Å². The molecule has 18 heavy (non-hydrogen) atoms. The molecule has 0 atom stereocenters. The Hall–Kier alpha value is -0.990. The molecular formula is C15H27NO2. The first kappa shape index (κ1) is 15.1. The Balaban J connectivity index is 2.42. The second kappa shape index (κ2) is 6.26. The molecule has 1 rings (SSSR count). The third-order valence-corrected chi connectivity index (χ3v) is 3.31. The maximum atomic E-state index is 11.3. The quantitative estimate of drug-likeness (QED) is 0.722. The van der Waals surface area contributed by atoms with Crippen LogP contribution in [-0.2, 0) is 9.53 Å². The molecule has 0 aromatic heterocycles. The van der Waals surface area contributed by atoms with Gasteiger partial charge in [-0.1, -0.05) is 0 Å². The van der Waals surface area contributed by atoms with Gasteiger partial charge < -0.3 is 9.64 Å². The van der Waals surface area contributed by atoms with E-state index in [1.165, 1.54) is 0 Å². The average Bonchev–Trinajstić information content (AvgIpc) is 2.27. The Labute approximate surface area is 111 Å². The Kier molecular flexibility index (Phi) is 5.24. The molecule has 1 saturated heterocycles. The molecule has 0 aromatic rings. The van der Waals surface area contributed by atoms with Crippen LogP contribution >= 0.6 is 0 Å². The summed E-state index contributed by atoms with van der Waals surface area (Å²) in [5, 5.41) is 0. The van der Waals surface area contributed by atoms with Gasteiger partial charge >= 0.3 is 0 Å². The lowest BCUT2D eigenvalue weighted by atomic mass is 9.92. The van der Waals surface area contributed by atoms with Gasteiger partial charge in [0.15, 0.2) is 0 Å². The van der Waals surface area contributed by atoms with Crippen molar-refractivity contribution in [3.63, 3.8) is 0 Å². The number of piperidine rings is 1. The van der Waals surface area contributed by atoms with E-state index in [2.05, 4.69) is 26.8 Å². The van der Waals surface area contributed by atoms with Gasteiger partial charge in [-0.3, -0.25) is 4.79 Å². The number of carbonyl (C=O) groups is 1. The molecule has 0 N–H and O–H groups in total. The zero-order valence-corrected chi connectivity index (χ0v) is 12.5. The second-order valence-electron chi connectivity index (χ2n) is 6.12. The number of amides is 1. The maximum absolute atomic E-state index is 11.3. The minimum Gasteiger partial charge on any atom is -0.493 e. The molecule has 0 bridgehead atoms. The molecule has 1 amide bonds. The van der Waals surface area contributed by atoms with E-state index in [0.29, 0.717) is 5.92 Å². The normalized spacial score (nSPS) is 18.9. The van der Waals surface area contributed by atoms with Gasteiger partial charge in [-0.15, -0.1) is 0 Å². The molecule has 3 heteroatoms. The molecule has 1 aliphatic rings. The van der Waals surface area contributed by atoms with Crippen LogP contribution in [0.1, 0.15) is 53.9 Å². The van der Waals surface area contributed by atoms with E-state index in [0.717, 1.165) is 38.1 Å². The van der Waals surface area contributed by atoms with Crippen LogP contribution < -0.4 is 0 Å². The highest BCUT2D eigenvalue weighted by Gasteiger charge is 2.23. The van der Waals surface area contributed by atoms with Gasteiger partial charge in [0.25, 0.3) is 0 Å². The lowest BCUT2D eigenvalue weighted by molar-refractivity contribution is -0.130. The SMILES string of the molecule is C/C=C(/CC1CCN(C(C)=O)CC1)OC(C)(C)C. The molecule has 0 spiro atoms. The van der Waals surface area contributed by atoms with Crippen molar-refractivity contribution in [1.82, 2.24) is 4.90 Å². The van der Waals surface area contributed by atoms with Gasteiger partial charge in [0.2, 0.25) is 5.91 Å². The predicted octanol–water partition coefficient (Wildman–Crippen LogP) is 3.35. The standard InChI is InChI=1S/C15H27NO2/c1-6-14(18-15(3,4)5)11-13-7-9-16(10-8-13)12(2)17/h6,13H,7-11H2,1-5H3/b14-6-. The molecule has 0 aliphatic carbocycles. The molecular weight excluding hydrogens is 226 g/mol. The molecule has 0 saturated carbocycles. The fraction of sp³-hybridized carbons (Fsp3) is 0.800. The van der Waals surface area contributed by atoms with Crippen molar-refractivity contribution in [3.05, 3.63) is 11.8 Å². The van der Waals surface area contributed by atoms with Crippen LogP contribution in [0.25, 0.3) is 0 Å². The van der Waals surface area contributed by atoms with Crippen LogP contribution in [0.5, 0.6) is 0 Å². The average molecular weight is 253 g/mol.